The zero-order valence-corrected chi connectivity index (χ0v) is 13.3. The van der Waals surface area contributed by atoms with Gasteiger partial charge in [0.15, 0.2) is 0 Å². The summed E-state index contributed by atoms with van der Waals surface area (Å²) in [6, 6.07) is 12.3. The molecule has 0 spiro atoms. The van der Waals surface area contributed by atoms with E-state index in [9.17, 15) is 9.18 Å². The van der Waals surface area contributed by atoms with Gasteiger partial charge in [-0.05, 0) is 42.2 Å². The first kappa shape index (κ1) is 15.8. The van der Waals surface area contributed by atoms with E-state index in [1.54, 1.807) is 23.9 Å². The van der Waals surface area contributed by atoms with Gasteiger partial charge in [-0.3, -0.25) is 4.90 Å². The van der Waals surface area contributed by atoms with Crippen LogP contribution >= 0.6 is 11.8 Å². The summed E-state index contributed by atoms with van der Waals surface area (Å²) >= 11 is 1.63. The highest BCUT2D eigenvalue weighted by molar-refractivity contribution is 7.98. The Bertz CT molecular complexity index is 720. The van der Waals surface area contributed by atoms with Crippen molar-refractivity contribution >= 4 is 23.5 Å². The van der Waals surface area contributed by atoms with Gasteiger partial charge in [0.25, 0.3) is 0 Å². The van der Waals surface area contributed by atoms with Gasteiger partial charge in [0, 0.05) is 10.5 Å². The van der Waals surface area contributed by atoms with Crippen molar-refractivity contribution in [1.29, 1.82) is 0 Å². The van der Waals surface area contributed by atoms with E-state index in [0.29, 0.717) is 11.3 Å². The molecule has 1 aliphatic rings. The number of rotatable bonds is 4. The molecule has 1 fully saturated rings. The summed E-state index contributed by atoms with van der Waals surface area (Å²) in [5.74, 6) is -0.403. The predicted octanol–water partition coefficient (Wildman–Crippen LogP) is 3.53. The summed E-state index contributed by atoms with van der Waals surface area (Å²) in [5.41, 5.74) is 1.68. The molecule has 0 aromatic heterocycles. The number of ether oxygens (including phenoxy) is 1. The highest BCUT2D eigenvalue weighted by Gasteiger charge is 2.32. The highest BCUT2D eigenvalue weighted by Crippen LogP contribution is 2.30. The lowest BCUT2D eigenvalue weighted by atomic mass is 10.0. The van der Waals surface area contributed by atoms with Gasteiger partial charge in [-0.2, -0.15) is 0 Å². The van der Waals surface area contributed by atoms with Crippen molar-refractivity contribution in [1.82, 2.24) is 0 Å². The molecule has 0 bridgehead atoms. The van der Waals surface area contributed by atoms with Crippen molar-refractivity contribution in [2.24, 2.45) is 0 Å². The van der Waals surface area contributed by atoms with Crippen LogP contribution in [0.25, 0.3) is 11.1 Å². The number of hydrogen-bond donors (Lipinski definition) is 1. The number of amides is 1. The van der Waals surface area contributed by atoms with Crippen LogP contribution in [-0.2, 0) is 4.74 Å². The van der Waals surface area contributed by atoms with Crippen LogP contribution in [0.2, 0.25) is 0 Å². The average molecular weight is 333 g/mol. The second-order valence-electron chi connectivity index (χ2n) is 5.19. The maximum absolute atomic E-state index is 14.4. The van der Waals surface area contributed by atoms with Crippen LogP contribution in [0.4, 0.5) is 14.9 Å². The molecular formula is C17H16FNO3S. The van der Waals surface area contributed by atoms with E-state index in [4.69, 9.17) is 9.84 Å². The van der Waals surface area contributed by atoms with Crippen molar-refractivity contribution in [3.63, 3.8) is 0 Å². The Morgan fingerprint density at radius 2 is 2.04 bits per heavy atom. The van der Waals surface area contributed by atoms with E-state index in [1.165, 1.54) is 11.0 Å². The lowest BCUT2D eigenvalue weighted by molar-refractivity contribution is 0.0963. The first-order chi connectivity index (χ1) is 11.1. The van der Waals surface area contributed by atoms with Crippen LogP contribution in [0, 0.1) is 5.82 Å². The smallest absolute Gasteiger partial charge is 0.414 e. The summed E-state index contributed by atoms with van der Waals surface area (Å²) in [7, 11) is 0. The minimum Gasteiger partial charge on any atom is -0.441 e. The molecule has 1 N–H and O–H groups in total. The number of hydrogen-bond acceptors (Lipinski definition) is 4. The Hall–Kier alpha value is -2.05. The fraction of sp³-hybridized carbons (Fsp3) is 0.235. The molecule has 120 valence electrons. The van der Waals surface area contributed by atoms with Crippen molar-refractivity contribution < 1.29 is 19.0 Å². The van der Waals surface area contributed by atoms with Gasteiger partial charge in [-0.25, -0.2) is 9.18 Å². The minimum atomic E-state index is -0.569. The van der Waals surface area contributed by atoms with Gasteiger partial charge in [0.05, 0.1) is 18.8 Å². The molecule has 1 unspecified atom stereocenters. The second kappa shape index (κ2) is 6.60. The number of aliphatic hydroxyl groups excluding tert-OH is 1. The third-order valence-corrected chi connectivity index (χ3v) is 4.49. The monoisotopic (exact) mass is 333 g/mol. The maximum Gasteiger partial charge on any atom is 0.414 e. The van der Waals surface area contributed by atoms with Crippen LogP contribution in [0.1, 0.15) is 0 Å². The first-order valence-electron chi connectivity index (χ1n) is 7.15. The lowest BCUT2D eigenvalue weighted by Gasteiger charge is -2.14. The zero-order chi connectivity index (χ0) is 16.4. The quantitative estimate of drug-likeness (QED) is 0.870. The number of nitrogens with zero attached hydrogens (tertiary/aromatic N) is 1. The van der Waals surface area contributed by atoms with Gasteiger partial charge in [-0.15, -0.1) is 11.8 Å². The number of anilines is 1. The Morgan fingerprint density at radius 1 is 1.30 bits per heavy atom. The summed E-state index contributed by atoms with van der Waals surface area (Å²) in [6.45, 7) is -0.0267. The third-order valence-electron chi connectivity index (χ3n) is 3.74. The topological polar surface area (TPSA) is 49.8 Å². The van der Waals surface area contributed by atoms with Crippen LogP contribution in [-0.4, -0.2) is 36.7 Å². The number of benzene rings is 2. The molecule has 6 heteroatoms. The molecule has 0 saturated carbocycles. The third kappa shape index (κ3) is 3.18. The van der Waals surface area contributed by atoms with Gasteiger partial charge >= 0.3 is 6.09 Å². The molecule has 2 aromatic carbocycles. The van der Waals surface area contributed by atoms with Crippen LogP contribution in [0.15, 0.2) is 47.4 Å². The highest BCUT2D eigenvalue weighted by atomic mass is 32.2. The van der Waals surface area contributed by atoms with Crippen LogP contribution in [0.3, 0.4) is 0 Å². The van der Waals surface area contributed by atoms with E-state index in [2.05, 4.69) is 0 Å². The van der Waals surface area contributed by atoms with E-state index in [-0.39, 0.29) is 13.2 Å². The molecule has 1 amide bonds. The summed E-state index contributed by atoms with van der Waals surface area (Å²) in [6.07, 6.45) is 0.851. The maximum atomic E-state index is 14.4. The second-order valence-corrected chi connectivity index (χ2v) is 6.07. The first-order valence-corrected chi connectivity index (χ1v) is 8.38. The molecule has 0 aliphatic carbocycles. The van der Waals surface area contributed by atoms with Gasteiger partial charge in [0.2, 0.25) is 0 Å². The molecule has 0 radical (unpaired) electrons. The normalized spacial score (nSPS) is 17.4. The van der Waals surface area contributed by atoms with Crippen molar-refractivity contribution in [2.45, 2.75) is 11.0 Å². The number of carbonyl (C=O) groups is 1. The largest absolute Gasteiger partial charge is 0.441 e. The van der Waals surface area contributed by atoms with E-state index < -0.39 is 18.0 Å². The molecule has 1 atom stereocenters. The van der Waals surface area contributed by atoms with Crippen LogP contribution in [0.5, 0.6) is 0 Å². The van der Waals surface area contributed by atoms with E-state index >= 15 is 0 Å². The zero-order valence-electron chi connectivity index (χ0n) is 12.5. The number of aliphatic hydroxyl groups is 1. The van der Waals surface area contributed by atoms with Crippen molar-refractivity contribution in [3.05, 3.63) is 48.3 Å². The summed E-state index contributed by atoms with van der Waals surface area (Å²) in [5, 5.41) is 9.06. The fourth-order valence-corrected chi connectivity index (χ4v) is 2.91. The minimum absolute atomic E-state index is 0.219. The standard InChI is InChI=1S/C17H16FNO3S/c1-23-14-5-2-11(3-6-14)15-7-4-12(8-16(15)18)19-9-13(10-20)22-17(19)21/h2-8,13,20H,9-10H2,1H3. The molecule has 1 aliphatic heterocycles. The Labute approximate surface area is 137 Å². The molecule has 23 heavy (non-hydrogen) atoms. The lowest BCUT2D eigenvalue weighted by Crippen LogP contribution is -2.25. The summed E-state index contributed by atoms with van der Waals surface area (Å²) < 4.78 is 19.4. The molecular weight excluding hydrogens is 317 g/mol. The Kier molecular flexibility index (Phi) is 4.54. The molecule has 3 rings (SSSR count). The van der Waals surface area contributed by atoms with Gasteiger partial charge in [-0.1, -0.05) is 12.1 Å². The molecule has 4 nitrogen and oxygen atoms in total. The van der Waals surface area contributed by atoms with Crippen LogP contribution < -0.4 is 4.90 Å². The number of cyclic esters (lactones) is 1. The van der Waals surface area contributed by atoms with E-state index in [0.717, 1.165) is 10.5 Å². The van der Waals surface area contributed by atoms with Gasteiger partial charge < -0.3 is 9.84 Å². The predicted molar refractivity (Wildman–Crippen MR) is 88.3 cm³/mol. The average Bonchev–Trinajstić information content (AvgIpc) is 2.96. The number of carbonyl (C=O) groups excluding carboxylic acids is 1. The molecule has 1 saturated heterocycles. The molecule has 1 heterocycles. The Morgan fingerprint density at radius 3 is 2.61 bits per heavy atom. The number of thioether (sulfide) groups is 1. The fourth-order valence-electron chi connectivity index (χ4n) is 2.50. The van der Waals surface area contributed by atoms with Gasteiger partial charge in [0.1, 0.15) is 11.9 Å². The van der Waals surface area contributed by atoms with Crippen molar-refractivity contribution in [2.75, 3.05) is 24.3 Å². The van der Waals surface area contributed by atoms with E-state index in [1.807, 2.05) is 30.5 Å². The molecule has 2 aromatic rings. The number of halogens is 1. The summed E-state index contributed by atoms with van der Waals surface area (Å²) in [4.78, 5) is 14.2. The Balaban J connectivity index is 1.87. The van der Waals surface area contributed by atoms with Crippen molar-refractivity contribution in [3.8, 4) is 11.1 Å². The SMILES string of the molecule is CSc1ccc(-c2ccc(N3CC(CO)OC3=O)cc2F)cc1.